The van der Waals surface area contributed by atoms with E-state index in [-0.39, 0.29) is 5.78 Å². The molecule has 0 aromatic heterocycles. The molecule has 0 saturated heterocycles. The van der Waals surface area contributed by atoms with Gasteiger partial charge in [-0.3, -0.25) is 4.79 Å². The van der Waals surface area contributed by atoms with Crippen molar-refractivity contribution in [3.05, 3.63) is 53.6 Å². The van der Waals surface area contributed by atoms with Crippen LogP contribution in [0, 0.1) is 0 Å². The first-order valence-electron chi connectivity index (χ1n) is 6.37. The van der Waals surface area contributed by atoms with Crippen molar-refractivity contribution >= 4 is 17.2 Å². The predicted molar refractivity (Wildman–Crippen MR) is 81.2 cm³/mol. The molecule has 0 heterocycles. The third kappa shape index (κ3) is 3.29. The van der Waals surface area contributed by atoms with E-state index >= 15 is 0 Å². The molecule has 0 radical (unpaired) electrons. The lowest BCUT2D eigenvalue weighted by Gasteiger charge is -2.10. The van der Waals surface area contributed by atoms with E-state index in [1.807, 2.05) is 30.3 Å². The quantitative estimate of drug-likeness (QED) is 0.647. The number of nitrogens with two attached hydrogens (primary N) is 1. The van der Waals surface area contributed by atoms with E-state index in [0.717, 1.165) is 17.0 Å². The van der Waals surface area contributed by atoms with Gasteiger partial charge in [-0.05, 0) is 42.8 Å². The molecule has 2 aromatic carbocycles. The van der Waals surface area contributed by atoms with Crippen LogP contribution >= 0.6 is 0 Å². The molecule has 0 fully saturated rings. The van der Waals surface area contributed by atoms with Crippen LogP contribution in [-0.4, -0.2) is 12.9 Å². The number of nitrogen functional groups attached to an aromatic ring is 1. The number of carbonyl (C=O) groups is 1. The number of methoxy groups -OCH3 is 1. The van der Waals surface area contributed by atoms with Gasteiger partial charge in [0.05, 0.1) is 7.11 Å². The maximum atomic E-state index is 11.4. The molecular weight excluding hydrogens is 252 g/mol. The van der Waals surface area contributed by atoms with Gasteiger partial charge in [-0.25, -0.2) is 0 Å². The van der Waals surface area contributed by atoms with E-state index in [2.05, 4.69) is 5.32 Å². The number of Topliss-reactive ketones (excluding diaryl/α,β-unsaturated/α-hetero) is 1. The molecule has 4 nitrogen and oxygen atoms in total. The molecule has 0 unspecified atom stereocenters. The van der Waals surface area contributed by atoms with Gasteiger partial charge in [-0.1, -0.05) is 12.1 Å². The summed E-state index contributed by atoms with van der Waals surface area (Å²) in [6.07, 6.45) is 0. The Hall–Kier alpha value is -2.49. The van der Waals surface area contributed by atoms with Gasteiger partial charge in [0.15, 0.2) is 5.78 Å². The normalized spacial score (nSPS) is 10.1. The van der Waals surface area contributed by atoms with Crippen molar-refractivity contribution in [2.45, 2.75) is 13.5 Å². The van der Waals surface area contributed by atoms with Crippen molar-refractivity contribution in [1.82, 2.24) is 0 Å². The number of nitrogens with one attached hydrogen (secondary N) is 1. The van der Waals surface area contributed by atoms with Gasteiger partial charge in [0, 0.05) is 23.5 Å². The molecule has 2 rings (SSSR count). The number of benzene rings is 2. The summed E-state index contributed by atoms with van der Waals surface area (Å²) in [6.45, 7) is 2.18. The van der Waals surface area contributed by atoms with Crippen LogP contribution in [0.1, 0.15) is 22.8 Å². The average Bonchev–Trinajstić information content (AvgIpc) is 2.46. The highest BCUT2D eigenvalue weighted by Crippen LogP contribution is 2.19. The van der Waals surface area contributed by atoms with Crippen molar-refractivity contribution in [2.24, 2.45) is 0 Å². The lowest BCUT2D eigenvalue weighted by atomic mass is 10.1. The minimum Gasteiger partial charge on any atom is -0.497 e. The third-order valence-corrected chi connectivity index (χ3v) is 3.09. The molecule has 0 aliphatic rings. The van der Waals surface area contributed by atoms with Crippen LogP contribution in [0.15, 0.2) is 42.5 Å². The Morgan fingerprint density at radius 1 is 1.20 bits per heavy atom. The van der Waals surface area contributed by atoms with E-state index in [4.69, 9.17) is 10.5 Å². The smallest absolute Gasteiger partial charge is 0.161 e. The molecular formula is C16H18N2O2. The fourth-order valence-corrected chi connectivity index (χ4v) is 1.92. The number of anilines is 2. The van der Waals surface area contributed by atoms with Crippen LogP contribution in [-0.2, 0) is 6.54 Å². The Labute approximate surface area is 118 Å². The molecule has 0 atom stereocenters. The van der Waals surface area contributed by atoms with Gasteiger partial charge in [0.2, 0.25) is 0 Å². The van der Waals surface area contributed by atoms with Crippen molar-refractivity contribution in [3.8, 4) is 5.75 Å². The molecule has 0 aliphatic heterocycles. The van der Waals surface area contributed by atoms with Gasteiger partial charge in [0.1, 0.15) is 5.75 Å². The van der Waals surface area contributed by atoms with Crippen LogP contribution in [0.25, 0.3) is 0 Å². The molecule has 0 saturated carbocycles. The van der Waals surface area contributed by atoms with Crippen molar-refractivity contribution in [2.75, 3.05) is 18.2 Å². The standard InChI is InChI=1S/C16H18N2O2/c1-11(19)15-9-13(5-8-16(15)17)18-10-12-3-6-14(20-2)7-4-12/h3-9,18H,10,17H2,1-2H3. The number of hydrogen-bond acceptors (Lipinski definition) is 4. The topological polar surface area (TPSA) is 64.3 Å². The van der Waals surface area contributed by atoms with Crippen molar-refractivity contribution in [3.63, 3.8) is 0 Å². The molecule has 2 aromatic rings. The van der Waals surface area contributed by atoms with E-state index < -0.39 is 0 Å². The van der Waals surface area contributed by atoms with Gasteiger partial charge in [-0.15, -0.1) is 0 Å². The number of ketones is 1. The van der Waals surface area contributed by atoms with E-state index in [0.29, 0.717) is 17.8 Å². The summed E-state index contributed by atoms with van der Waals surface area (Å²) in [5, 5.41) is 3.27. The average molecular weight is 270 g/mol. The van der Waals surface area contributed by atoms with Gasteiger partial charge in [0.25, 0.3) is 0 Å². The molecule has 0 amide bonds. The minimum absolute atomic E-state index is 0.0319. The fourth-order valence-electron chi connectivity index (χ4n) is 1.92. The largest absolute Gasteiger partial charge is 0.497 e. The Morgan fingerprint density at radius 2 is 1.90 bits per heavy atom. The second-order valence-corrected chi connectivity index (χ2v) is 4.56. The third-order valence-electron chi connectivity index (χ3n) is 3.09. The first-order valence-corrected chi connectivity index (χ1v) is 6.37. The number of ether oxygens (including phenoxy) is 1. The molecule has 3 N–H and O–H groups in total. The Kier molecular flexibility index (Phi) is 4.25. The summed E-state index contributed by atoms with van der Waals surface area (Å²) in [6, 6.07) is 13.2. The monoisotopic (exact) mass is 270 g/mol. The molecule has 20 heavy (non-hydrogen) atoms. The number of hydrogen-bond donors (Lipinski definition) is 2. The zero-order chi connectivity index (χ0) is 14.5. The first kappa shape index (κ1) is 13.9. The highest BCUT2D eigenvalue weighted by atomic mass is 16.5. The summed E-state index contributed by atoms with van der Waals surface area (Å²) in [5.74, 6) is 0.802. The lowest BCUT2D eigenvalue weighted by molar-refractivity contribution is 0.101. The Bertz CT molecular complexity index is 606. The molecule has 0 bridgehead atoms. The van der Waals surface area contributed by atoms with Gasteiger partial charge >= 0.3 is 0 Å². The van der Waals surface area contributed by atoms with Crippen LogP contribution in [0.4, 0.5) is 11.4 Å². The van der Waals surface area contributed by atoms with Crippen LogP contribution in [0.2, 0.25) is 0 Å². The summed E-state index contributed by atoms with van der Waals surface area (Å²) in [7, 11) is 1.64. The predicted octanol–water partition coefficient (Wildman–Crippen LogP) is 3.09. The maximum absolute atomic E-state index is 11.4. The summed E-state index contributed by atoms with van der Waals surface area (Å²) < 4.78 is 5.12. The Morgan fingerprint density at radius 3 is 2.50 bits per heavy atom. The zero-order valence-corrected chi connectivity index (χ0v) is 11.6. The summed E-state index contributed by atoms with van der Waals surface area (Å²) >= 11 is 0. The van der Waals surface area contributed by atoms with Crippen LogP contribution in [0.3, 0.4) is 0 Å². The minimum atomic E-state index is -0.0319. The van der Waals surface area contributed by atoms with E-state index in [1.165, 1.54) is 6.92 Å². The molecule has 0 spiro atoms. The molecule has 104 valence electrons. The molecule has 4 heteroatoms. The fraction of sp³-hybridized carbons (Fsp3) is 0.188. The SMILES string of the molecule is COc1ccc(CNc2ccc(N)c(C(C)=O)c2)cc1. The number of rotatable bonds is 5. The second-order valence-electron chi connectivity index (χ2n) is 4.56. The Balaban J connectivity index is 2.06. The van der Waals surface area contributed by atoms with Gasteiger partial charge in [-0.2, -0.15) is 0 Å². The number of carbonyl (C=O) groups excluding carboxylic acids is 1. The van der Waals surface area contributed by atoms with E-state index in [1.54, 1.807) is 19.2 Å². The molecule has 0 aliphatic carbocycles. The van der Waals surface area contributed by atoms with Crippen LogP contribution in [0.5, 0.6) is 5.75 Å². The highest BCUT2D eigenvalue weighted by Gasteiger charge is 2.05. The second kappa shape index (κ2) is 6.10. The first-order chi connectivity index (χ1) is 9.60. The van der Waals surface area contributed by atoms with E-state index in [9.17, 15) is 4.79 Å². The maximum Gasteiger partial charge on any atom is 0.161 e. The zero-order valence-electron chi connectivity index (χ0n) is 11.6. The lowest BCUT2D eigenvalue weighted by Crippen LogP contribution is -2.03. The van der Waals surface area contributed by atoms with Crippen LogP contribution < -0.4 is 15.8 Å². The summed E-state index contributed by atoms with van der Waals surface area (Å²) in [4.78, 5) is 11.4. The van der Waals surface area contributed by atoms with Gasteiger partial charge < -0.3 is 15.8 Å². The van der Waals surface area contributed by atoms with Crippen molar-refractivity contribution < 1.29 is 9.53 Å². The highest BCUT2D eigenvalue weighted by molar-refractivity contribution is 6.00. The van der Waals surface area contributed by atoms with Crippen molar-refractivity contribution in [1.29, 1.82) is 0 Å². The summed E-state index contributed by atoms with van der Waals surface area (Å²) in [5.41, 5.74) is 8.83.